The number of pyridine rings is 1. The molecule has 96 valence electrons. The molecular formula is C14H12N2O3. The molecule has 1 aromatic heterocycles. The van der Waals surface area contributed by atoms with Gasteiger partial charge in [0.25, 0.3) is 5.91 Å². The zero-order valence-electron chi connectivity index (χ0n) is 10.3. The standard InChI is InChI=1S/C14H12N2O3/c1-10(17)19-12-7-5-11(6-8-12)14(18)16-13-4-2-3-9-15-13/h2-9H,1H3,(H,15,16,18). The smallest absolute Gasteiger partial charge is 0.308 e. The Morgan fingerprint density at radius 2 is 1.84 bits per heavy atom. The number of anilines is 1. The molecule has 0 saturated carbocycles. The van der Waals surface area contributed by atoms with Crippen molar-refractivity contribution in [2.75, 3.05) is 5.32 Å². The van der Waals surface area contributed by atoms with Crippen molar-refractivity contribution in [2.45, 2.75) is 6.92 Å². The van der Waals surface area contributed by atoms with Crippen LogP contribution in [-0.4, -0.2) is 16.9 Å². The van der Waals surface area contributed by atoms with Gasteiger partial charge >= 0.3 is 5.97 Å². The number of nitrogens with zero attached hydrogens (tertiary/aromatic N) is 1. The Bertz CT molecular complexity index is 579. The van der Waals surface area contributed by atoms with Gasteiger partial charge in [-0.15, -0.1) is 0 Å². The van der Waals surface area contributed by atoms with Crippen LogP contribution < -0.4 is 10.1 Å². The number of benzene rings is 1. The summed E-state index contributed by atoms with van der Waals surface area (Å²) in [5, 5.41) is 2.66. The summed E-state index contributed by atoms with van der Waals surface area (Å²) in [4.78, 5) is 26.7. The topological polar surface area (TPSA) is 68.3 Å². The van der Waals surface area contributed by atoms with Gasteiger partial charge in [-0.25, -0.2) is 4.98 Å². The van der Waals surface area contributed by atoms with Crippen LogP contribution in [0.4, 0.5) is 5.82 Å². The average molecular weight is 256 g/mol. The van der Waals surface area contributed by atoms with E-state index in [-0.39, 0.29) is 5.91 Å². The van der Waals surface area contributed by atoms with Gasteiger partial charge in [-0.2, -0.15) is 0 Å². The van der Waals surface area contributed by atoms with Crippen LogP contribution in [0, 0.1) is 0 Å². The van der Waals surface area contributed by atoms with Crippen LogP contribution >= 0.6 is 0 Å². The molecule has 2 aromatic rings. The van der Waals surface area contributed by atoms with Gasteiger partial charge in [0, 0.05) is 18.7 Å². The number of rotatable bonds is 3. The first-order valence-corrected chi connectivity index (χ1v) is 5.66. The van der Waals surface area contributed by atoms with Gasteiger partial charge in [0.1, 0.15) is 11.6 Å². The molecule has 0 aliphatic carbocycles. The average Bonchev–Trinajstić information content (AvgIpc) is 2.40. The highest BCUT2D eigenvalue weighted by atomic mass is 16.5. The molecular weight excluding hydrogens is 244 g/mol. The van der Waals surface area contributed by atoms with E-state index in [2.05, 4.69) is 10.3 Å². The highest BCUT2D eigenvalue weighted by Crippen LogP contribution is 2.13. The number of ether oxygens (including phenoxy) is 1. The van der Waals surface area contributed by atoms with Gasteiger partial charge in [0.2, 0.25) is 0 Å². The van der Waals surface area contributed by atoms with Gasteiger partial charge in [-0.05, 0) is 36.4 Å². The molecule has 1 amide bonds. The lowest BCUT2D eigenvalue weighted by molar-refractivity contribution is -0.131. The van der Waals surface area contributed by atoms with E-state index in [1.807, 2.05) is 0 Å². The van der Waals surface area contributed by atoms with E-state index in [0.29, 0.717) is 17.1 Å². The van der Waals surface area contributed by atoms with Gasteiger partial charge in [0.05, 0.1) is 0 Å². The maximum Gasteiger partial charge on any atom is 0.308 e. The number of esters is 1. The van der Waals surface area contributed by atoms with Crippen LogP contribution in [0.25, 0.3) is 0 Å². The Kier molecular flexibility index (Phi) is 3.87. The predicted octanol–water partition coefficient (Wildman–Crippen LogP) is 2.26. The molecule has 0 atom stereocenters. The number of carbonyl (C=O) groups is 2. The lowest BCUT2D eigenvalue weighted by atomic mass is 10.2. The molecule has 0 fully saturated rings. The summed E-state index contributed by atoms with van der Waals surface area (Å²) in [6, 6.07) is 11.5. The lowest BCUT2D eigenvalue weighted by Gasteiger charge is -2.05. The fourth-order valence-corrected chi connectivity index (χ4v) is 1.47. The van der Waals surface area contributed by atoms with Gasteiger partial charge < -0.3 is 10.1 Å². The molecule has 0 bridgehead atoms. The first-order valence-electron chi connectivity index (χ1n) is 5.66. The van der Waals surface area contributed by atoms with E-state index < -0.39 is 5.97 Å². The third-order valence-corrected chi connectivity index (χ3v) is 2.28. The van der Waals surface area contributed by atoms with Crippen molar-refractivity contribution in [3.63, 3.8) is 0 Å². The van der Waals surface area contributed by atoms with E-state index in [1.54, 1.807) is 48.7 Å². The highest BCUT2D eigenvalue weighted by molar-refractivity contribution is 6.03. The highest BCUT2D eigenvalue weighted by Gasteiger charge is 2.07. The fourth-order valence-electron chi connectivity index (χ4n) is 1.47. The van der Waals surface area contributed by atoms with Crippen LogP contribution in [0.1, 0.15) is 17.3 Å². The van der Waals surface area contributed by atoms with Crippen molar-refractivity contribution in [1.29, 1.82) is 0 Å². The second-order valence-corrected chi connectivity index (χ2v) is 3.79. The van der Waals surface area contributed by atoms with Crippen molar-refractivity contribution in [3.8, 4) is 5.75 Å². The van der Waals surface area contributed by atoms with E-state index in [1.165, 1.54) is 6.92 Å². The summed E-state index contributed by atoms with van der Waals surface area (Å²) < 4.78 is 4.88. The van der Waals surface area contributed by atoms with Gasteiger partial charge in [-0.1, -0.05) is 6.07 Å². The third kappa shape index (κ3) is 3.64. The third-order valence-electron chi connectivity index (χ3n) is 2.28. The van der Waals surface area contributed by atoms with Crippen LogP contribution in [-0.2, 0) is 4.79 Å². The number of carbonyl (C=O) groups excluding carboxylic acids is 2. The quantitative estimate of drug-likeness (QED) is 0.675. The molecule has 1 N–H and O–H groups in total. The van der Waals surface area contributed by atoms with Crippen molar-refractivity contribution >= 4 is 17.7 Å². The molecule has 0 radical (unpaired) electrons. The number of hydrogen-bond donors (Lipinski definition) is 1. The lowest BCUT2D eigenvalue weighted by Crippen LogP contribution is -2.12. The summed E-state index contributed by atoms with van der Waals surface area (Å²) >= 11 is 0. The summed E-state index contributed by atoms with van der Waals surface area (Å²) in [7, 11) is 0. The van der Waals surface area contributed by atoms with Gasteiger partial charge in [0.15, 0.2) is 0 Å². The molecule has 1 heterocycles. The zero-order valence-corrected chi connectivity index (χ0v) is 10.3. The monoisotopic (exact) mass is 256 g/mol. The second kappa shape index (κ2) is 5.77. The minimum Gasteiger partial charge on any atom is -0.427 e. The van der Waals surface area contributed by atoms with E-state index in [4.69, 9.17) is 4.74 Å². The normalized spacial score (nSPS) is 9.74. The fraction of sp³-hybridized carbons (Fsp3) is 0.0714. The predicted molar refractivity (Wildman–Crippen MR) is 69.9 cm³/mol. The first-order chi connectivity index (χ1) is 9.15. The van der Waals surface area contributed by atoms with E-state index in [0.717, 1.165) is 0 Å². The number of nitrogens with one attached hydrogen (secondary N) is 1. The molecule has 19 heavy (non-hydrogen) atoms. The minimum atomic E-state index is -0.398. The Labute approximate surface area is 110 Å². The maximum absolute atomic E-state index is 11.9. The Morgan fingerprint density at radius 1 is 1.11 bits per heavy atom. The number of aromatic nitrogens is 1. The van der Waals surface area contributed by atoms with Crippen molar-refractivity contribution in [2.24, 2.45) is 0 Å². The number of hydrogen-bond acceptors (Lipinski definition) is 4. The van der Waals surface area contributed by atoms with Crippen LogP contribution in [0.5, 0.6) is 5.75 Å². The Balaban J connectivity index is 2.05. The SMILES string of the molecule is CC(=O)Oc1ccc(C(=O)Nc2ccccn2)cc1. The first kappa shape index (κ1) is 12.8. The largest absolute Gasteiger partial charge is 0.427 e. The molecule has 0 aliphatic rings. The van der Waals surface area contributed by atoms with Crippen LogP contribution in [0.2, 0.25) is 0 Å². The molecule has 5 heteroatoms. The van der Waals surface area contributed by atoms with Crippen LogP contribution in [0.15, 0.2) is 48.7 Å². The molecule has 2 rings (SSSR count). The van der Waals surface area contributed by atoms with Gasteiger partial charge in [-0.3, -0.25) is 9.59 Å². The summed E-state index contributed by atoms with van der Waals surface area (Å²) in [6.07, 6.45) is 1.60. The summed E-state index contributed by atoms with van der Waals surface area (Å²) in [5.41, 5.74) is 0.460. The molecule has 1 aromatic carbocycles. The molecule has 0 unspecified atom stereocenters. The zero-order chi connectivity index (χ0) is 13.7. The second-order valence-electron chi connectivity index (χ2n) is 3.79. The molecule has 0 saturated heterocycles. The Morgan fingerprint density at radius 3 is 2.42 bits per heavy atom. The maximum atomic E-state index is 11.9. The minimum absolute atomic E-state index is 0.270. The number of amides is 1. The molecule has 5 nitrogen and oxygen atoms in total. The Hall–Kier alpha value is -2.69. The summed E-state index contributed by atoms with van der Waals surface area (Å²) in [6.45, 7) is 1.32. The van der Waals surface area contributed by atoms with E-state index >= 15 is 0 Å². The van der Waals surface area contributed by atoms with E-state index in [9.17, 15) is 9.59 Å². The van der Waals surface area contributed by atoms with Crippen molar-refractivity contribution in [1.82, 2.24) is 4.98 Å². The molecule has 0 spiro atoms. The molecule has 0 aliphatic heterocycles. The summed E-state index contributed by atoms with van der Waals surface area (Å²) in [5.74, 6) is 0.220. The van der Waals surface area contributed by atoms with Crippen molar-refractivity contribution in [3.05, 3.63) is 54.2 Å². The van der Waals surface area contributed by atoms with Crippen molar-refractivity contribution < 1.29 is 14.3 Å². The van der Waals surface area contributed by atoms with Crippen LogP contribution in [0.3, 0.4) is 0 Å².